The van der Waals surface area contributed by atoms with Gasteiger partial charge in [0.25, 0.3) is 0 Å². The number of carbonyl (C=O) groups is 1. The van der Waals surface area contributed by atoms with Crippen molar-refractivity contribution in [2.75, 3.05) is 18.1 Å². The number of fused-ring (bicyclic) bond motifs is 1. The van der Waals surface area contributed by atoms with E-state index in [1.54, 1.807) is 0 Å². The number of benzene rings is 1. The molecule has 0 atom stereocenters. The largest absolute Gasteiger partial charge is 0.493 e. The van der Waals surface area contributed by atoms with E-state index >= 15 is 0 Å². The zero-order valence-corrected chi connectivity index (χ0v) is 11.3. The lowest BCUT2D eigenvalue weighted by atomic mass is 9.93. The van der Waals surface area contributed by atoms with Crippen molar-refractivity contribution in [3.8, 4) is 5.75 Å². The maximum absolute atomic E-state index is 12.3. The summed E-state index contributed by atoms with van der Waals surface area (Å²) < 4.78 is 5.47. The third-order valence-corrected chi connectivity index (χ3v) is 4.88. The highest BCUT2D eigenvalue weighted by atomic mass is 32.2. The fourth-order valence-electron chi connectivity index (χ4n) is 2.69. The number of Topliss-reactive ketones (excluding diaryl/α,β-unsaturated/α-hetero) is 1. The number of rotatable bonds is 3. The summed E-state index contributed by atoms with van der Waals surface area (Å²) in [5.74, 6) is 4.30. The molecule has 0 spiro atoms. The van der Waals surface area contributed by atoms with Crippen molar-refractivity contribution in [2.24, 2.45) is 5.92 Å². The molecule has 0 unspecified atom stereocenters. The van der Waals surface area contributed by atoms with Gasteiger partial charge in [-0.25, -0.2) is 0 Å². The van der Waals surface area contributed by atoms with Crippen molar-refractivity contribution in [1.82, 2.24) is 0 Å². The highest BCUT2D eigenvalue weighted by molar-refractivity contribution is 7.99. The first kappa shape index (κ1) is 12.1. The van der Waals surface area contributed by atoms with Gasteiger partial charge in [0.1, 0.15) is 5.75 Å². The standard InChI is InChI=1S/C15H18O2S/c16-14(9-11-4-7-18-8-5-11)12-1-2-15-13(10-12)3-6-17-15/h1-2,10-11H,3-9H2. The van der Waals surface area contributed by atoms with Gasteiger partial charge in [-0.15, -0.1) is 0 Å². The van der Waals surface area contributed by atoms with Gasteiger partial charge in [-0.3, -0.25) is 4.79 Å². The Morgan fingerprint density at radius 2 is 2.17 bits per heavy atom. The minimum Gasteiger partial charge on any atom is -0.493 e. The highest BCUT2D eigenvalue weighted by Crippen LogP contribution is 2.29. The van der Waals surface area contributed by atoms with Crippen LogP contribution in [0.2, 0.25) is 0 Å². The smallest absolute Gasteiger partial charge is 0.163 e. The minimum atomic E-state index is 0.307. The molecule has 2 aliphatic rings. The van der Waals surface area contributed by atoms with E-state index in [4.69, 9.17) is 4.74 Å². The average molecular weight is 262 g/mol. The van der Waals surface area contributed by atoms with Gasteiger partial charge in [0.15, 0.2) is 5.78 Å². The van der Waals surface area contributed by atoms with Crippen LogP contribution in [0.1, 0.15) is 35.2 Å². The fourth-order valence-corrected chi connectivity index (χ4v) is 3.89. The lowest BCUT2D eigenvalue weighted by molar-refractivity contribution is 0.0958. The van der Waals surface area contributed by atoms with Gasteiger partial charge in [0, 0.05) is 18.4 Å². The molecule has 1 aromatic rings. The summed E-state index contributed by atoms with van der Waals surface area (Å²) in [6.07, 6.45) is 4.06. The molecule has 18 heavy (non-hydrogen) atoms. The monoisotopic (exact) mass is 262 g/mol. The number of hydrogen-bond acceptors (Lipinski definition) is 3. The normalized spacial score (nSPS) is 19.3. The van der Waals surface area contributed by atoms with E-state index in [0.29, 0.717) is 11.7 Å². The minimum absolute atomic E-state index is 0.307. The molecule has 0 bridgehead atoms. The molecule has 2 nitrogen and oxygen atoms in total. The van der Waals surface area contributed by atoms with Gasteiger partial charge in [0.2, 0.25) is 0 Å². The maximum atomic E-state index is 12.3. The predicted molar refractivity (Wildman–Crippen MR) is 74.6 cm³/mol. The number of ketones is 1. The summed E-state index contributed by atoms with van der Waals surface area (Å²) in [5, 5.41) is 0. The topological polar surface area (TPSA) is 26.3 Å². The van der Waals surface area contributed by atoms with E-state index in [1.807, 2.05) is 30.0 Å². The van der Waals surface area contributed by atoms with E-state index in [1.165, 1.54) is 29.9 Å². The second-order valence-corrected chi connectivity index (χ2v) is 6.33. The first-order valence-electron chi connectivity index (χ1n) is 6.69. The number of ether oxygens (including phenoxy) is 1. The van der Waals surface area contributed by atoms with Crippen LogP contribution in [0.4, 0.5) is 0 Å². The zero-order valence-electron chi connectivity index (χ0n) is 10.5. The molecule has 2 heterocycles. The van der Waals surface area contributed by atoms with Gasteiger partial charge >= 0.3 is 0 Å². The van der Waals surface area contributed by atoms with E-state index in [2.05, 4.69) is 0 Å². The van der Waals surface area contributed by atoms with Crippen LogP contribution >= 0.6 is 11.8 Å². The Hall–Kier alpha value is -0.960. The Kier molecular flexibility index (Phi) is 3.59. The predicted octanol–water partition coefficient (Wildman–Crippen LogP) is 3.34. The molecular weight excluding hydrogens is 244 g/mol. The molecule has 0 N–H and O–H groups in total. The lowest BCUT2D eigenvalue weighted by Gasteiger charge is -2.20. The van der Waals surface area contributed by atoms with Crippen molar-refractivity contribution < 1.29 is 9.53 Å². The van der Waals surface area contributed by atoms with Crippen LogP contribution in [0.25, 0.3) is 0 Å². The first-order chi connectivity index (χ1) is 8.83. The third kappa shape index (κ3) is 2.56. The van der Waals surface area contributed by atoms with Gasteiger partial charge in [-0.2, -0.15) is 11.8 Å². The van der Waals surface area contributed by atoms with Crippen LogP contribution in [0.5, 0.6) is 5.75 Å². The maximum Gasteiger partial charge on any atom is 0.163 e. The van der Waals surface area contributed by atoms with Gasteiger partial charge in [-0.1, -0.05) is 0 Å². The molecule has 0 radical (unpaired) electrons. The average Bonchev–Trinajstić information content (AvgIpc) is 2.87. The summed E-state index contributed by atoms with van der Waals surface area (Å²) in [5.41, 5.74) is 2.07. The van der Waals surface area contributed by atoms with Crippen molar-refractivity contribution >= 4 is 17.5 Å². The van der Waals surface area contributed by atoms with E-state index < -0.39 is 0 Å². The second kappa shape index (κ2) is 5.35. The van der Waals surface area contributed by atoms with Crippen molar-refractivity contribution in [3.63, 3.8) is 0 Å². The molecule has 96 valence electrons. The van der Waals surface area contributed by atoms with E-state index in [0.717, 1.165) is 30.8 Å². The number of hydrogen-bond donors (Lipinski definition) is 0. The molecule has 1 aromatic carbocycles. The van der Waals surface area contributed by atoms with Crippen LogP contribution in [0, 0.1) is 5.92 Å². The van der Waals surface area contributed by atoms with Crippen LogP contribution < -0.4 is 4.74 Å². The second-order valence-electron chi connectivity index (χ2n) is 5.10. The van der Waals surface area contributed by atoms with Crippen LogP contribution in [-0.2, 0) is 6.42 Å². The highest BCUT2D eigenvalue weighted by Gasteiger charge is 2.20. The Morgan fingerprint density at radius 1 is 1.33 bits per heavy atom. The first-order valence-corrected chi connectivity index (χ1v) is 7.85. The van der Waals surface area contributed by atoms with E-state index in [9.17, 15) is 4.79 Å². The molecule has 0 aliphatic carbocycles. The Balaban J connectivity index is 1.68. The Morgan fingerprint density at radius 3 is 3.00 bits per heavy atom. The molecule has 0 saturated carbocycles. The third-order valence-electron chi connectivity index (χ3n) is 3.83. The van der Waals surface area contributed by atoms with Crippen LogP contribution in [0.3, 0.4) is 0 Å². The van der Waals surface area contributed by atoms with E-state index in [-0.39, 0.29) is 0 Å². The molecule has 1 fully saturated rings. The summed E-state index contributed by atoms with van der Waals surface area (Å²) >= 11 is 2.01. The molecule has 3 rings (SSSR count). The molecule has 2 aliphatic heterocycles. The summed E-state index contributed by atoms with van der Waals surface area (Å²) in [4.78, 5) is 12.3. The van der Waals surface area contributed by atoms with Gasteiger partial charge in [0.05, 0.1) is 6.61 Å². The van der Waals surface area contributed by atoms with Crippen molar-refractivity contribution in [2.45, 2.75) is 25.7 Å². The fraction of sp³-hybridized carbons (Fsp3) is 0.533. The molecule has 3 heteroatoms. The van der Waals surface area contributed by atoms with Crippen LogP contribution in [0.15, 0.2) is 18.2 Å². The number of thioether (sulfide) groups is 1. The van der Waals surface area contributed by atoms with Crippen LogP contribution in [-0.4, -0.2) is 23.9 Å². The quantitative estimate of drug-likeness (QED) is 0.782. The Labute approximate surface area is 112 Å². The molecule has 0 amide bonds. The Bertz CT molecular complexity index is 450. The molecule has 0 aromatic heterocycles. The molecular formula is C15H18O2S. The zero-order chi connectivity index (χ0) is 12.4. The summed E-state index contributed by atoms with van der Waals surface area (Å²) in [6, 6.07) is 5.90. The summed E-state index contributed by atoms with van der Waals surface area (Å²) in [7, 11) is 0. The van der Waals surface area contributed by atoms with Gasteiger partial charge < -0.3 is 4.74 Å². The van der Waals surface area contributed by atoms with Crippen molar-refractivity contribution in [1.29, 1.82) is 0 Å². The summed E-state index contributed by atoms with van der Waals surface area (Å²) in [6.45, 7) is 0.757. The molecule has 1 saturated heterocycles. The number of carbonyl (C=O) groups excluding carboxylic acids is 1. The van der Waals surface area contributed by atoms with Gasteiger partial charge in [-0.05, 0) is 54.0 Å². The van der Waals surface area contributed by atoms with Crippen molar-refractivity contribution in [3.05, 3.63) is 29.3 Å². The lowest BCUT2D eigenvalue weighted by Crippen LogP contribution is -2.14. The SMILES string of the molecule is O=C(CC1CCSCC1)c1ccc2c(c1)CCO2.